The van der Waals surface area contributed by atoms with Gasteiger partial charge in [-0.1, -0.05) is 0 Å². The number of anilines is 1. The molecule has 1 rings (SSSR count). The molecule has 0 aliphatic rings. The Hall–Kier alpha value is -2.15. The predicted octanol–water partition coefficient (Wildman–Crippen LogP) is -1.19. The number of aromatic amines is 1. The van der Waals surface area contributed by atoms with Gasteiger partial charge < -0.3 is 20.7 Å². The third-order valence-corrected chi connectivity index (χ3v) is 1.84. The van der Waals surface area contributed by atoms with Crippen LogP contribution in [-0.2, 0) is 9.59 Å². The summed E-state index contributed by atoms with van der Waals surface area (Å²) in [6.07, 6.45) is 1.94. The van der Waals surface area contributed by atoms with E-state index in [4.69, 9.17) is 5.11 Å². The molecule has 1 aromatic heterocycles. The van der Waals surface area contributed by atoms with Gasteiger partial charge in [0, 0.05) is 25.0 Å². The second-order valence-electron chi connectivity index (χ2n) is 3.44. The van der Waals surface area contributed by atoms with Crippen LogP contribution in [0.2, 0.25) is 0 Å². The quantitative estimate of drug-likeness (QED) is 0.497. The molecule has 0 unspecified atom stereocenters. The number of aliphatic hydroxyl groups is 1. The Morgan fingerprint density at radius 2 is 2.18 bits per heavy atom. The molecule has 0 saturated carbocycles. The number of carbonyl (C=O) groups excluding carboxylic acids is 2. The van der Waals surface area contributed by atoms with Gasteiger partial charge >= 0.3 is 11.8 Å². The molecule has 17 heavy (non-hydrogen) atoms. The fourth-order valence-corrected chi connectivity index (χ4v) is 1.01. The van der Waals surface area contributed by atoms with Crippen LogP contribution in [0.5, 0.6) is 0 Å². The highest BCUT2D eigenvalue weighted by Crippen LogP contribution is 1.94. The summed E-state index contributed by atoms with van der Waals surface area (Å²) in [6, 6.07) is 1.23. The van der Waals surface area contributed by atoms with Crippen LogP contribution in [0.1, 0.15) is 6.92 Å². The molecule has 7 heteroatoms. The third kappa shape index (κ3) is 4.07. The summed E-state index contributed by atoms with van der Waals surface area (Å²) < 4.78 is 0. The van der Waals surface area contributed by atoms with Crippen LogP contribution in [0.25, 0.3) is 0 Å². The molecule has 1 heterocycles. The van der Waals surface area contributed by atoms with E-state index in [1.54, 1.807) is 0 Å². The number of nitrogens with one attached hydrogen (secondary N) is 3. The molecule has 0 fully saturated rings. The summed E-state index contributed by atoms with van der Waals surface area (Å²) in [6.45, 7) is 1.44. The lowest BCUT2D eigenvalue weighted by molar-refractivity contribution is -0.136. The number of aromatic nitrogens is 1. The van der Waals surface area contributed by atoms with Gasteiger partial charge in [0.1, 0.15) is 5.69 Å². The van der Waals surface area contributed by atoms with Gasteiger partial charge in [0.25, 0.3) is 0 Å². The van der Waals surface area contributed by atoms with Gasteiger partial charge in [0.05, 0.1) is 6.10 Å². The molecule has 0 aliphatic carbocycles. The van der Waals surface area contributed by atoms with Crippen molar-refractivity contribution >= 4 is 17.5 Å². The topological polar surface area (TPSA) is 111 Å². The Kier molecular flexibility index (Phi) is 4.41. The van der Waals surface area contributed by atoms with Crippen molar-refractivity contribution in [3.63, 3.8) is 0 Å². The highest BCUT2D eigenvalue weighted by molar-refractivity contribution is 6.39. The van der Waals surface area contributed by atoms with Crippen LogP contribution in [0.4, 0.5) is 5.69 Å². The number of hydrogen-bond donors (Lipinski definition) is 4. The molecule has 7 nitrogen and oxygen atoms in total. The van der Waals surface area contributed by atoms with E-state index >= 15 is 0 Å². The van der Waals surface area contributed by atoms with E-state index in [-0.39, 0.29) is 12.2 Å². The molecule has 0 spiro atoms. The number of amides is 2. The summed E-state index contributed by atoms with van der Waals surface area (Å²) in [5, 5.41) is 13.3. The Labute approximate surface area is 96.9 Å². The normalized spacial score (nSPS) is 11.6. The van der Waals surface area contributed by atoms with Gasteiger partial charge in [0.2, 0.25) is 5.43 Å². The fraction of sp³-hybridized carbons (Fsp3) is 0.300. The first-order valence-corrected chi connectivity index (χ1v) is 4.95. The maximum atomic E-state index is 11.3. The Balaban J connectivity index is 2.58. The van der Waals surface area contributed by atoms with Crippen LogP contribution < -0.4 is 16.1 Å². The second kappa shape index (κ2) is 5.80. The summed E-state index contributed by atoms with van der Waals surface area (Å²) in [4.78, 5) is 36.4. The number of hydrogen-bond acceptors (Lipinski definition) is 4. The Morgan fingerprint density at radius 1 is 1.47 bits per heavy atom. The highest BCUT2D eigenvalue weighted by Gasteiger charge is 2.14. The smallest absolute Gasteiger partial charge is 0.313 e. The van der Waals surface area contributed by atoms with Gasteiger partial charge in [-0.3, -0.25) is 14.4 Å². The van der Waals surface area contributed by atoms with E-state index in [1.165, 1.54) is 25.4 Å². The average Bonchev–Trinajstić information content (AvgIpc) is 2.28. The fourth-order valence-electron chi connectivity index (χ4n) is 1.01. The van der Waals surface area contributed by atoms with Crippen molar-refractivity contribution in [3.8, 4) is 0 Å². The largest absolute Gasteiger partial charge is 0.392 e. The molecular weight excluding hydrogens is 226 g/mol. The predicted molar refractivity (Wildman–Crippen MR) is 60.4 cm³/mol. The van der Waals surface area contributed by atoms with Crippen molar-refractivity contribution in [2.45, 2.75) is 13.0 Å². The van der Waals surface area contributed by atoms with Crippen molar-refractivity contribution < 1.29 is 14.7 Å². The van der Waals surface area contributed by atoms with E-state index in [0.29, 0.717) is 0 Å². The molecule has 1 atom stereocenters. The Morgan fingerprint density at radius 3 is 2.76 bits per heavy atom. The monoisotopic (exact) mass is 239 g/mol. The number of H-pyrrole nitrogens is 1. The maximum absolute atomic E-state index is 11.3. The van der Waals surface area contributed by atoms with Crippen molar-refractivity contribution in [1.29, 1.82) is 0 Å². The lowest BCUT2D eigenvalue weighted by atomic mass is 10.3. The van der Waals surface area contributed by atoms with Gasteiger partial charge in [-0.05, 0) is 6.92 Å². The lowest BCUT2D eigenvalue weighted by Crippen LogP contribution is -2.39. The van der Waals surface area contributed by atoms with Crippen LogP contribution in [0.3, 0.4) is 0 Å². The summed E-state index contributed by atoms with van der Waals surface area (Å²) in [7, 11) is 0. The first kappa shape index (κ1) is 12.9. The van der Waals surface area contributed by atoms with Crippen LogP contribution in [0, 0.1) is 0 Å². The zero-order chi connectivity index (χ0) is 12.8. The molecule has 2 amide bonds. The van der Waals surface area contributed by atoms with Crippen molar-refractivity contribution in [2.75, 3.05) is 11.9 Å². The minimum Gasteiger partial charge on any atom is -0.392 e. The minimum atomic E-state index is -0.956. The molecule has 92 valence electrons. The first-order chi connectivity index (χ1) is 8.00. The van der Waals surface area contributed by atoms with Crippen LogP contribution >= 0.6 is 0 Å². The third-order valence-electron chi connectivity index (χ3n) is 1.84. The van der Waals surface area contributed by atoms with Gasteiger partial charge in [0.15, 0.2) is 0 Å². The molecular formula is C10H13N3O4. The number of pyridine rings is 1. The molecule has 1 aromatic rings. The van der Waals surface area contributed by atoms with E-state index in [1.807, 2.05) is 0 Å². The van der Waals surface area contributed by atoms with Crippen molar-refractivity contribution in [1.82, 2.24) is 10.3 Å². The van der Waals surface area contributed by atoms with Crippen LogP contribution in [-0.4, -0.2) is 34.6 Å². The van der Waals surface area contributed by atoms with E-state index in [0.717, 1.165) is 0 Å². The summed E-state index contributed by atoms with van der Waals surface area (Å²) in [5.74, 6) is -1.86. The second-order valence-corrected chi connectivity index (χ2v) is 3.44. The van der Waals surface area contributed by atoms with Crippen molar-refractivity contribution in [3.05, 3.63) is 28.7 Å². The molecule has 4 N–H and O–H groups in total. The SMILES string of the molecule is C[C@@H](O)CNC(=O)C(=O)Nc1c[nH]ccc1=O. The Bertz CT molecular complexity index is 467. The van der Waals surface area contributed by atoms with Gasteiger partial charge in [-0.25, -0.2) is 0 Å². The number of rotatable bonds is 3. The van der Waals surface area contributed by atoms with Gasteiger partial charge in [-0.15, -0.1) is 0 Å². The minimum absolute atomic E-state index is 0.00954. The lowest BCUT2D eigenvalue weighted by Gasteiger charge is -2.07. The summed E-state index contributed by atoms with van der Waals surface area (Å²) in [5.41, 5.74) is -0.412. The maximum Gasteiger partial charge on any atom is 0.313 e. The van der Waals surface area contributed by atoms with Crippen LogP contribution in [0.15, 0.2) is 23.3 Å². The van der Waals surface area contributed by atoms with Gasteiger partial charge in [-0.2, -0.15) is 0 Å². The first-order valence-electron chi connectivity index (χ1n) is 4.95. The standard InChI is InChI=1S/C10H13N3O4/c1-6(14)4-12-9(16)10(17)13-7-5-11-3-2-8(7)15/h2-3,5-6,14H,4H2,1H3,(H,11,15)(H,12,16)(H,13,17)/t6-/m1/s1. The summed E-state index contributed by atoms with van der Waals surface area (Å²) >= 11 is 0. The molecule has 0 radical (unpaired) electrons. The average molecular weight is 239 g/mol. The molecule has 0 aromatic carbocycles. The molecule has 0 saturated heterocycles. The van der Waals surface area contributed by atoms with E-state index in [2.05, 4.69) is 15.6 Å². The van der Waals surface area contributed by atoms with E-state index < -0.39 is 23.3 Å². The zero-order valence-electron chi connectivity index (χ0n) is 9.19. The number of carbonyl (C=O) groups is 2. The van der Waals surface area contributed by atoms with Crippen molar-refractivity contribution in [2.24, 2.45) is 0 Å². The van der Waals surface area contributed by atoms with E-state index in [9.17, 15) is 14.4 Å². The molecule has 0 aliphatic heterocycles. The highest BCUT2D eigenvalue weighted by atomic mass is 16.3. The zero-order valence-corrected chi connectivity index (χ0v) is 9.19. The molecule has 0 bridgehead atoms. The number of aliphatic hydroxyl groups excluding tert-OH is 1.